The first-order valence-corrected chi connectivity index (χ1v) is 8.31. The molecule has 3 rings (SSSR count). The molecule has 6 heteroatoms. The monoisotopic (exact) mass is 348 g/mol. The summed E-state index contributed by atoms with van der Waals surface area (Å²) in [4.78, 5) is 4.41. The predicted molar refractivity (Wildman–Crippen MR) is 93.0 cm³/mol. The molecule has 4 nitrogen and oxygen atoms in total. The van der Waals surface area contributed by atoms with E-state index in [2.05, 4.69) is 9.80 Å². The summed E-state index contributed by atoms with van der Waals surface area (Å²) < 4.78 is 31.5. The van der Waals surface area contributed by atoms with E-state index in [-0.39, 0.29) is 0 Å². The summed E-state index contributed by atoms with van der Waals surface area (Å²) >= 11 is 0. The SMILES string of the molecule is COc1ccc(N2CCN(C[C@@H](O)c3ccc(F)c(F)c3)CC2)cc1. The molecule has 1 atom stereocenters. The number of piperazine rings is 1. The first-order valence-electron chi connectivity index (χ1n) is 8.31. The number of halogens is 2. The van der Waals surface area contributed by atoms with Crippen LogP contribution in [0.15, 0.2) is 42.5 Å². The highest BCUT2D eigenvalue weighted by molar-refractivity contribution is 5.49. The molecule has 0 unspecified atom stereocenters. The van der Waals surface area contributed by atoms with Crippen molar-refractivity contribution in [3.8, 4) is 5.75 Å². The van der Waals surface area contributed by atoms with Gasteiger partial charge in [0, 0.05) is 38.4 Å². The molecule has 2 aromatic carbocycles. The van der Waals surface area contributed by atoms with Gasteiger partial charge in [0.1, 0.15) is 5.75 Å². The maximum atomic E-state index is 13.3. The van der Waals surface area contributed by atoms with E-state index < -0.39 is 17.7 Å². The maximum absolute atomic E-state index is 13.3. The number of benzene rings is 2. The van der Waals surface area contributed by atoms with E-state index in [1.54, 1.807) is 7.11 Å². The molecule has 1 fully saturated rings. The Bertz CT molecular complexity index is 701. The molecule has 1 N–H and O–H groups in total. The molecule has 134 valence electrons. The number of β-amino-alcohol motifs (C(OH)–C–C–N with tert-alkyl or cyclic N) is 1. The van der Waals surface area contributed by atoms with Crippen LogP contribution >= 0.6 is 0 Å². The van der Waals surface area contributed by atoms with Gasteiger partial charge in [0.25, 0.3) is 0 Å². The molecule has 0 amide bonds. The van der Waals surface area contributed by atoms with Crippen LogP contribution in [0.5, 0.6) is 5.75 Å². The van der Waals surface area contributed by atoms with Crippen molar-refractivity contribution >= 4 is 5.69 Å². The molecule has 0 radical (unpaired) electrons. The van der Waals surface area contributed by atoms with Crippen molar-refractivity contribution in [3.63, 3.8) is 0 Å². The van der Waals surface area contributed by atoms with Gasteiger partial charge in [-0.1, -0.05) is 6.07 Å². The van der Waals surface area contributed by atoms with Gasteiger partial charge in [0.2, 0.25) is 0 Å². The Hall–Kier alpha value is -2.18. The average molecular weight is 348 g/mol. The van der Waals surface area contributed by atoms with E-state index in [9.17, 15) is 13.9 Å². The maximum Gasteiger partial charge on any atom is 0.159 e. The van der Waals surface area contributed by atoms with Crippen LogP contribution in [0, 0.1) is 11.6 Å². The highest BCUT2D eigenvalue weighted by atomic mass is 19.2. The lowest BCUT2D eigenvalue weighted by Crippen LogP contribution is -2.47. The summed E-state index contributed by atoms with van der Waals surface area (Å²) in [6, 6.07) is 11.5. The predicted octanol–water partition coefficient (Wildman–Crippen LogP) is 2.83. The Morgan fingerprint density at radius 1 is 1.00 bits per heavy atom. The van der Waals surface area contributed by atoms with Crippen molar-refractivity contribution in [2.75, 3.05) is 44.7 Å². The number of ether oxygens (including phenoxy) is 1. The van der Waals surface area contributed by atoms with Crippen molar-refractivity contribution in [1.82, 2.24) is 4.90 Å². The molecular weight excluding hydrogens is 326 g/mol. The lowest BCUT2D eigenvalue weighted by atomic mass is 10.1. The minimum Gasteiger partial charge on any atom is -0.497 e. The second kappa shape index (κ2) is 7.80. The Kier molecular flexibility index (Phi) is 5.50. The standard InChI is InChI=1S/C19H22F2N2O2/c1-25-16-5-3-15(4-6-16)23-10-8-22(9-11-23)13-19(24)14-2-7-17(20)18(21)12-14/h2-7,12,19,24H,8-11,13H2,1H3/t19-/m1/s1. The lowest BCUT2D eigenvalue weighted by molar-refractivity contribution is 0.109. The third kappa shape index (κ3) is 4.27. The summed E-state index contributed by atoms with van der Waals surface area (Å²) in [6.07, 6.45) is -0.831. The Morgan fingerprint density at radius 3 is 2.28 bits per heavy atom. The van der Waals surface area contributed by atoms with Crippen LogP contribution in [0.1, 0.15) is 11.7 Å². The highest BCUT2D eigenvalue weighted by Gasteiger charge is 2.20. The number of nitrogens with zero attached hydrogens (tertiary/aromatic N) is 2. The first-order chi connectivity index (χ1) is 12.1. The molecule has 0 aromatic heterocycles. The van der Waals surface area contributed by atoms with Crippen molar-refractivity contribution in [1.29, 1.82) is 0 Å². The number of aliphatic hydroxyl groups excluding tert-OH is 1. The molecule has 0 saturated carbocycles. The Balaban J connectivity index is 1.53. The van der Waals surface area contributed by atoms with Gasteiger partial charge in [0.15, 0.2) is 11.6 Å². The van der Waals surface area contributed by atoms with Gasteiger partial charge >= 0.3 is 0 Å². The van der Waals surface area contributed by atoms with Gasteiger partial charge in [-0.2, -0.15) is 0 Å². The Morgan fingerprint density at radius 2 is 1.68 bits per heavy atom. The largest absolute Gasteiger partial charge is 0.497 e. The van der Waals surface area contributed by atoms with Crippen LogP contribution < -0.4 is 9.64 Å². The number of methoxy groups -OCH3 is 1. The second-order valence-electron chi connectivity index (χ2n) is 6.18. The van der Waals surface area contributed by atoms with Gasteiger partial charge in [-0.15, -0.1) is 0 Å². The van der Waals surface area contributed by atoms with Crippen molar-refractivity contribution in [3.05, 3.63) is 59.7 Å². The van der Waals surface area contributed by atoms with Gasteiger partial charge in [0.05, 0.1) is 13.2 Å². The summed E-state index contributed by atoms with van der Waals surface area (Å²) in [5.74, 6) is -0.998. The molecule has 0 bridgehead atoms. The van der Waals surface area contributed by atoms with Crippen LogP contribution in [0.25, 0.3) is 0 Å². The quantitative estimate of drug-likeness (QED) is 0.901. The molecule has 1 heterocycles. The minimum absolute atomic E-state index is 0.400. The smallest absolute Gasteiger partial charge is 0.159 e. The highest BCUT2D eigenvalue weighted by Crippen LogP contribution is 2.22. The fourth-order valence-corrected chi connectivity index (χ4v) is 3.05. The summed E-state index contributed by atoms with van der Waals surface area (Å²) in [7, 11) is 1.64. The van der Waals surface area contributed by atoms with Crippen molar-refractivity contribution in [2.24, 2.45) is 0 Å². The average Bonchev–Trinajstić information content (AvgIpc) is 2.64. The van der Waals surface area contributed by atoms with Gasteiger partial charge in [-0.3, -0.25) is 4.90 Å². The Labute approximate surface area is 146 Å². The minimum atomic E-state index is -0.930. The third-order valence-electron chi connectivity index (χ3n) is 4.57. The van der Waals surface area contributed by atoms with Gasteiger partial charge < -0.3 is 14.7 Å². The second-order valence-corrected chi connectivity index (χ2v) is 6.18. The fraction of sp³-hybridized carbons (Fsp3) is 0.368. The molecule has 25 heavy (non-hydrogen) atoms. The van der Waals surface area contributed by atoms with Crippen LogP contribution in [0.2, 0.25) is 0 Å². The lowest BCUT2D eigenvalue weighted by Gasteiger charge is -2.37. The summed E-state index contributed by atoms with van der Waals surface area (Å²) in [6.45, 7) is 3.69. The van der Waals surface area contributed by atoms with Crippen molar-refractivity contribution in [2.45, 2.75) is 6.10 Å². The van der Waals surface area contributed by atoms with E-state index in [1.165, 1.54) is 6.07 Å². The van der Waals surface area contributed by atoms with E-state index in [4.69, 9.17) is 4.74 Å². The van der Waals surface area contributed by atoms with Crippen LogP contribution in [-0.4, -0.2) is 49.8 Å². The summed E-state index contributed by atoms with van der Waals surface area (Å²) in [5.41, 5.74) is 1.54. The molecule has 0 spiro atoms. The van der Waals surface area contributed by atoms with E-state index in [0.29, 0.717) is 12.1 Å². The van der Waals surface area contributed by atoms with Crippen LogP contribution in [0.4, 0.5) is 14.5 Å². The summed E-state index contributed by atoms with van der Waals surface area (Å²) in [5, 5.41) is 10.3. The number of anilines is 1. The number of aliphatic hydroxyl groups is 1. The number of hydrogen-bond donors (Lipinski definition) is 1. The number of rotatable bonds is 5. The molecular formula is C19H22F2N2O2. The molecule has 1 saturated heterocycles. The van der Waals surface area contributed by atoms with E-state index >= 15 is 0 Å². The zero-order chi connectivity index (χ0) is 17.8. The van der Waals surface area contributed by atoms with Gasteiger partial charge in [-0.25, -0.2) is 8.78 Å². The van der Waals surface area contributed by atoms with Crippen LogP contribution in [0.3, 0.4) is 0 Å². The zero-order valence-electron chi connectivity index (χ0n) is 14.2. The molecule has 1 aliphatic heterocycles. The molecule has 1 aliphatic rings. The topological polar surface area (TPSA) is 35.9 Å². The van der Waals surface area contributed by atoms with Crippen LogP contribution in [-0.2, 0) is 0 Å². The fourth-order valence-electron chi connectivity index (χ4n) is 3.05. The first kappa shape index (κ1) is 17.6. The van der Waals surface area contributed by atoms with Crippen molar-refractivity contribution < 1.29 is 18.6 Å². The molecule has 2 aromatic rings. The van der Waals surface area contributed by atoms with E-state index in [1.807, 2.05) is 24.3 Å². The number of hydrogen-bond acceptors (Lipinski definition) is 4. The zero-order valence-corrected chi connectivity index (χ0v) is 14.2. The van der Waals surface area contributed by atoms with Gasteiger partial charge in [-0.05, 0) is 42.0 Å². The van der Waals surface area contributed by atoms with E-state index in [0.717, 1.165) is 49.7 Å². The normalized spacial score (nSPS) is 16.7. The third-order valence-corrected chi connectivity index (χ3v) is 4.57. The molecule has 0 aliphatic carbocycles.